The molecule has 140 valence electrons. The number of aliphatic hydroxyl groups excluding tert-OH is 6. The van der Waals surface area contributed by atoms with Gasteiger partial charge in [-0.25, -0.2) is 4.79 Å². The van der Waals surface area contributed by atoms with Crippen molar-refractivity contribution in [1.29, 1.82) is 0 Å². The molecular weight excluding hydrogens is 332 g/mol. The van der Waals surface area contributed by atoms with Crippen molar-refractivity contribution in [3.8, 4) is 0 Å². The Balaban J connectivity index is 5.04. The molecule has 0 aliphatic rings. The molecule has 6 N–H and O–H groups in total. The van der Waals surface area contributed by atoms with Crippen LogP contribution in [-0.2, 0) is 23.9 Å². The average Bonchev–Trinajstić information content (AvgIpc) is 2.57. The number of esters is 1. The maximum absolute atomic E-state index is 11.8. The van der Waals surface area contributed by atoms with Crippen molar-refractivity contribution in [2.75, 3.05) is 13.7 Å². The van der Waals surface area contributed by atoms with Gasteiger partial charge >= 0.3 is 5.97 Å². The van der Waals surface area contributed by atoms with Crippen LogP contribution in [0.4, 0.5) is 0 Å². The Morgan fingerprint density at radius 1 is 1.08 bits per heavy atom. The highest BCUT2D eigenvalue weighted by molar-refractivity contribution is 5.93. The van der Waals surface area contributed by atoms with Crippen molar-refractivity contribution in [3.05, 3.63) is 0 Å². The normalized spacial score (nSPS) is 20.2. The summed E-state index contributed by atoms with van der Waals surface area (Å²) in [5.74, 6) is -2.77. The van der Waals surface area contributed by atoms with Crippen LogP contribution in [0.2, 0.25) is 0 Å². The zero-order valence-corrected chi connectivity index (χ0v) is 13.1. The van der Waals surface area contributed by atoms with Gasteiger partial charge < -0.3 is 40.1 Å². The standard InChI is InChI=1S/C13H22O11/c1-5(16)8(18)10(20)7(4-15)24-13(22)11(21)12(23-2)9(19)6(17)3-14/h4-8,10-12,14,16-18,20-21H,3H2,1-2H3/t5-,6+,7-,8-,10-,11+,12+/m1/s1. The smallest absolute Gasteiger partial charge is 0.339 e. The molecular formula is C13H22O11. The van der Waals surface area contributed by atoms with Crippen LogP contribution in [-0.4, -0.2) is 105 Å². The quantitative estimate of drug-likeness (QED) is 0.155. The van der Waals surface area contributed by atoms with Crippen molar-refractivity contribution < 1.29 is 54.5 Å². The first-order valence-corrected chi connectivity index (χ1v) is 6.85. The maximum Gasteiger partial charge on any atom is 0.339 e. The third-order valence-electron chi connectivity index (χ3n) is 3.13. The lowest BCUT2D eigenvalue weighted by atomic mass is 10.0. The summed E-state index contributed by atoms with van der Waals surface area (Å²) in [7, 11) is 0.937. The molecule has 0 radical (unpaired) electrons. The molecule has 0 aromatic rings. The number of carbonyl (C=O) groups excluding carboxylic acids is 3. The third kappa shape index (κ3) is 5.87. The minimum atomic E-state index is -2.28. The molecule has 0 rings (SSSR count). The fraction of sp³-hybridized carbons (Fsp3) is 0.769. The number of ether oxygens (including phenoxy) is 2. The van der Waals surface area contributed by atoms with Crippen LogP contribution in [0.5, 0.6) is 0 Å². The number of carbonyl (C=O) groups is 3. The van der Waals surface area contributed by atoms with Gasteiger partial charge in [0.05, 0.1) is 12.7 Å². The zero-order chi connectivity index (χ0) is 19.0. The van der Waals surface area contributed by atoms with E-state index in [1.54, 1.807) is 0 Å². The maximum atomic E-state index is 11.8. The van der Waals surface area contributed by atoms with E-state index >= 15 is 0 Å². The minimum absolute atomic E-state index is 0.0485. The van der Waals surface area contributed by atoms with Crippen LogP contribution < -0.4 is 0 Å². The summed E-state index contributed by atoms with van der Waals surface area (Å²) in [6, 6.07) is 0. The molecule has 0 unspecified atom stereocenters. The van der Waals surface area contributed by atoms with Crippen LogP contribution in [0.3, 0.4) is 0 Å². The van der Waals surface area contributed by atoms with E-state index in [0.717, 1.165) is 14.0 Å². The highest BCUT2D eigenvalue weighted by atomic mass is 16.6. The molecule has 0 aromatic heterocycles. The summed E-state index contributed by atoms with van der Waals surface area (Å²) in [6.07, 6.45) is -13.3. The first kappa shape index (κ1) is 22.5. The van der Waals surface area contributed by atoms with Crippen LogP contribution >= 0.6 is 0 Å². The van der Waals surface area contributed by atoms with Crippen LogP contribution in [0, 0.1) is 0 Å². The van der Waals surface area contributed by atoms with E-state index in [1.165, 1.54) is 0 Å². The van der Waals surface area contributed by atoms with Gasteiger partial charge in [0.2, 0.25) is 0 Å². The van der Waals surface area contributed by atoms with Gasteiger partial charge in [-0.05, 0) is 6.92 Å². The molecule has 0 heterocycles. The number of Topliss-reactive ketones (excluding diaryl/α,β-unsaturated/α-hetero) is 1. The van der Waals surface area contributed by atoms with E-state index in [9.17, 15) is 34.8 Å². The highest BCUT2D eigenvalue weighted by Gasteiger charge is 2.39. The monoisotopic (exact) mass is 354 g/mol. The molecule has 0 saturated heterocycles. The topological polar surface area (TPSA) is 191 Å². The van der Waals surface area contributed by atoms with Crippen molar-refractivity contribution in [2.45, 2.75) is 49.7 Å². The molecule has 0 bridgehead atoms. The lowest BCUT2D eigenvalue weighted by Gasteiger charge is -2.26. The molecule has 0 aliphatic carbocycles. The Morgan fingerprint density at radius 2 is 1.62 bits per heavy atom. The number of methoxy groups -OCH3 is 1. The second-order valence-corrected chi connectivity index (χ2v) is 4.96. The van der Waals surface area contributed by atoms with Gasteiger partial charge in [0.15, 0.2) is 30.4 Å². The Morgan fingerprint density at radius 3 is 2.00 bits per heavy atom. The molecule has 11 nitrogen and oxygen atoms in total. The summed E-state index contributed by atoms with van der Waals surface area (Å²) in [5, 5.41) is 55.9. The second-order valence-electron chi connectivity index (χ2n) is 4.96. The van der Waals surface area contributed by atoms with Crippen molar-refractivity contribution in [2.24, 2.45) is 0 Å². The van der Waals surface area contributed by atoms with E-state index < -0.39 is 61.1 Å². The van der Waals surface area contributed by atoms with E-state index in [0.29, 0.717) is 0 Å². The summed E-state index contributed by atoms with van der Waals surface area (Å²) in [5.41, 5.74) is 0. The number of aliphatic hydroxyl groups is 6. The van der Waals surface area contributed by atoms with E-state index in [4.69, 9.17) is 10.2 Å². The van der Waals surface area contributed by atoms with E-state index in [-0.39, 0.29) is 6.29 Å². The summed E-state index contributed by atoms with van der Waals surface area (Å²) in [6.45, 7) is 0.138. The van der Waals surface area contributed by atoms with Crippen LogP contribution in [0.15, 0.2) is 0 Å². The Bertz CT molecular complexity index is 424. The molecule has 0 aromatic carbocycles. The molecule has 0 saturated carbocycles. The van der Waals surface area contributed by atoms with E-state index in [2.05, 4.69) is 9.47 Å². The SMILES string of the molecule is CO[C@@H](C(=O)[C@@H](O)CO)[C@H](O)C(=O)O[C@H](C=O)[C@@H](O)[C@H](O)[C@@H](C)O. The van der Waals surface area contributed by atoms with Gasteiger partial charge in [-0.1, -0.05) is 0 Å². The molecule has 0 spiro atoms. The fourth-order valence-corrected chi connectivity index (χ4v) is 1.67. The minimum Gasteiger partial charge on any atom is -0.450 e. The van der Waals surface area contributed by atoms with Gasteiger partial charge in [-0.2, -0.15) is 0 Å². The third-order valence-corrected chi connectivity index (χ3v) is 3.13. The Hall–Kier alpha value is -1.47. The average molecular weight is 354 g/mol. The predicted molar refractivity (Wildman–Crippen MR) is 74.5 cm³/mol. The number of hydrogen-bond donors (Lipinski definition) is 6. The van der Waals surface area contributed by atoms with Gasteiger partial charge in [0, 0.05) is 7.11 Å². The molecule has 7 atom stereocenters. The summed E-state index contributed by atoms with van der Waals surface area (Å²) in [4.78, 5) is 34.3. The number of hydrogen-bond acceptors (Lipinski definition) is 11. The summed E-state index contributed by atoms with van der Waals surface area (Å²) < 4.78 is 9.05. The highest BCUT2D eigenvalue weighted by Crippen LogP contribution is 2.11. The molecule has 24 heavy (non-hydrogen) atoms. The van der Waals surface area contributed by atoms with Gasteiger partial charge in [-0.3, -0.25) is 9.59 Å². The molecule has 11 heteroatoms. The van der Waals surface area contributed by atoms with Gasteiger partial charge in [0.25, 0.3) is 0 Å². The lowest BCUT2D eigenvalue weighted by Crippen LogP contribution is -2.50. The number of rotatable bonds is 11. The number of aldehydes is 1. The van der Waals surface area contributed by atoms with Crippen molar-refractivity contribution >= 4 is 18.0 Å². The molecule has 0 amide bonds. The largest absolute Gasteiger partial charge is 0.450 e. The van der Waals surface area contributed by atoms with Gasteiger partial charge in [-0.15, -0.1) is 0 Å². The Labute approximate surface area is 137 Å². The number of ketones is 1. The first-order valence-electron chi connectivity index (χ1n) is 6.85. The molecule has 0 fully saturated rings. The van der Waals surface area contributed by atoms with Gasteiger partial charge in [0.1, 0.15) is 18.3 Å². The predicted octanol–water partition coefficient (Wildman–Crippen LogP) is -4.50. The van der Waals surface area contributed by atoms with Crippen molar-refractivity contribution in [1.82, 2.24) is 0 Å². The summed E-state index contributed by atoms with van der Waals surface area (Å²) >= 11 is 0. The lowest BCUT2D eigenvalue weighted by molar-refractivity contribution is -0.182. The molecule has 0 aliphatic heterocycles. The first-order chi connectivity index (χ1) is 11.1. The van der Waals surface area contributed by atoms with Crippen LogP contribution in [0.1, 0.15) is 6.92 Å². The fourth-order valence-electron chi connectivity index (χ4n) is 1.67. The second kappa shape index (κ2) is 10.4. The van der Waals surface area contributed by atoms with E-state index in [1.807, 2.05) is 0 Å². The van der Waals surface area contributed by atoms with Crippen LogP contribution in [0.25, 0.3) is 0 Å². The Kier molecular flexibility index (Phi) is 9.77. The van der Waals surface area contributed by atoms with Crippen molar-refractivity contribution in [3.63, 3.8) is 0 Å². The zero-order valence-electron chi connectivity index (χ0n) is 13.1.